The van der Waals surface area contributed by atoms with Crippen molar-refractivity contribution in [3.63, 3.8) is 0 Å². The Morgan fingerprint density at radius 2 is 1.50 bits per heavy atom. The third-order valence-electron chi connectivity index (χ3n) is 7.48. The van der Waals surface area contributed by atoms with E-state index in [4.69, 9.17) is 9.40 Å². The molecule has 2 nitrogen and oxygen atoms in total. The van der Waals surface area contributed by atoms with Gasteiger partial charge in [-0.15, -0.1) is 0 Å². The van der Waals surface area contributed by atoms with Crippen LogP contribution in [-0.4, -0.2) is 13.1 Å². The summed E-state index contributed by atoms with van der Waals surface area (Å²) in [6.45, 7) is 11.6. The summed E-state index contributed by atoms with van der Waals surface area (Å²) in [5.74, 6) is 0. The summed E-state index contributed by atoms with van der Waals surface area (Å²) in [5.41, 5.74) is 6.69. The van der Waals surface area contributed by atoms with Crippen molar-refractivity contribution in [2.24, 2.45) is 0 Å². The number of nitrogens with zero attached hydrogens (tertiary/aromatic N) is 1. The molecule has 5 rings (SSSR count). The van der Waals surface area contributed by atoms with E-state index in [2.05, 4.69) is 119 Å². The van der Waals surface area contributed by atoms with E-state index in [9.17, 15) is 0 Å². The number of aromatic nitrogens is 1. The highest BCUT2D eigenvalue weighted by Crippen LogP contribution is 2.41. The van der Waals surface area contributed by atoms with Crippen LogP contribution in [0.15, 0.2) is 89.5 Å². The molecule has 0 unspecified atom stereocenters. The highest BCUT2D eigenvalue weighted by molar-refractivity contribution is 6.88. The van der Waals surface area contributed by atoms with E-state index in [0.717, 1.165) is 46.0 Å². The Labute approximate surface area is 203 Å². The maximum atomic E-state index is 6.35. The molecular formula is C31H33NOSi. The maximum absolute atomic E-state index is 6.35. The van der Waals surface area contributed by atoms with E-state index in [-0.39, 0.29) is 5.41 Å². The number of hydrogen-bond acceptors (Lipinski definition) is 2. The lowest BCUT2D eigenvalue weighted by molar-refractivity contribution is 0.478. The molecule has 0 aliphatic heterocycles. The molecule has 0 atom stereocenters. The molecule has 34 heavy (non-hydrogen) atoms. The average Bonchev–Trinajstić information content (AvgIpc) is 3.23. The first-order valence-corrected chi connectivity index (χ1v) is 15.8. The molecule has 2 aromatic heterocycles. The topological polar surface area (TPSA) is 26.0 Å². The summed E-state index contributed by atoms with van der Waals surface area (Å²) in [7, 11) is -1.36. The van der Waals surface area contributed by atoms with Crippen molar-refractivity contribution in [1.29, 1.82) is 0 Å². The first-order chi connectivity index (χ1) is 16.4. The van der Waals surface area contributed by atoms with Crippen LogP contribution in [0.3, 0.4) is 0 Å². The SMILES string of the molecule is CCC(CC)(c1ccccc1)c1ccc2c(c1)oc1ccc(-c3ccc([Si](C)(C)C)cn3)cc12. The highest BCUT2D eigenvalue weighted by Gasteiger charge is 2.31. The largest absolute Gasteiger partial charge is 0.456 e. The fourth-order valence-corrected chi connectivity index (χ4v) is 6.27. The molecule has 0 saturated heterocycles. The lowest BCUT2D eigenvalue weighted by atomic mass is 9.70. The van der Waals surface area contributed by atoms with E-state index >= 15 is 0 Å². The number of furan rings is 1. The summed E-state index contributed by atoms with van der Waals surface area (Å²) >= 11 is 0. The minimum atomic E-state index is -1.36. The van der Waals surface area contributed by atoms with Crippen LogP contribution in [0.2, 0.25) is 19.6 Å². The summed E-state index contributed by atoms with van der Waals surface area (Å²) in [4.78, 5) is 4.79. The third-order valence-corrected chi connectivity index (χ3v) is 9.51. The van der Waals surface area contributed by atoms with Gasteiger partial charge in [-0.1, -0.05) is 82.0 Å². The van der Waals surface area contributed by atoms with E-state index < -0.39 is 8.07 Å². The van der Waals surface area contributed by atoms with Gasteiger partial charge in [0.15, 0.2) is 0 Å². The molecule has 0 N–H and O–H groups in total. The monoisotopic (exact) mass is 463 g/mol. The van der Waals surface area contributed by atoms with E-state index in [1.165, 1.54) is 16.3 Å². The molecule has 2 heterocycles. The summed E-state index contributed by atoms with van der Waals surface area (Å²) in [5, 5.41) is 3.69. The van der Waals surface area contributed by atoms with Crippen LogP contribution in [0.1, 0.15) is 37.8 Å². The Hall–Kier alpha value is -3.17. The Bertz CT molecular complexity index is 1440. The minimum Gasteiger partial charge on any atom is -0.456 e. The average molecular weight is 464 g/mol. The molecule has 0 aliphatic carbocycles. The predicted molar refractivity (Wildman–Crippen MR) is 148 cm³/mol. The van der Waals surface area contributed by atoms with Gasteiger partial charge < -0.3 is 4.42 Å². The Morgan fingerprint density at radius 3 is 2.15 bits per heavy atom. The van der Waals surface area contributed by atoms with Crippen molar-refractivity contribution in [3.05, 3.63) is 96.2 Å². The van der Waals surface area contributed by atoms with Gasteiger partial charge in [-0.05, 0) is 59.5 Å². The Morgan fingerprint density at radius 1 is 0.735 bits per heavy atom. The van der Waals surface area contributed by atoms with Crippen molar-refractivity contribution >= 4 is 35.2 Å². The molecule has 0 saturated carbocycles. The molecule has 0 fully saturated rings. The molecule has 3 aromatic carbocycles. The van der Waals surface area contributed by atoms with Gasteiger partial charge in [-0.3, -0.25) is 4.98 Å². The van der Waals surface area contributed by atoms with Gasteiger partial charge >= 0.3 is 0 Å². The van der Waals surface area contributed by atoms with Gasteiger partial charge in [0, 0.05) is 27.9 Å². The fraction of sp³-hybridized carbons (Fsp3) is 0.258. The van der Waals surface area contributed by atoms with E-state index in [0.29, 0.717) is 0 Å². The zero-order chi connectivity index (χ0) is 23.9. The maximum Gasteiger partial charge on any atom is 0.135 e. The number of benzene rings is 3. The number of pyridine rings is 1. The first-order valence-electron chi connectivity index (χ1n) is 12.3. The van der Waals surface area contributed by atoms with Gasteiger partial charge in [0.2, 0.25) is 0 Å². The molecule has 5 aromatic rings. The van der Waals surface area contributed by atoms with Crippen LogP contribution in [0.25, 0.3) is 33.2 Å². The second kappa shape index (κ2) is 8.55. The number of fused-ring (bicyclic) bond motifs is 3. The Balaban J connectivity index is 1.59. The van der Waals surface area contributed by atoms with Gasteiger partial charge in [0.05, 0.1) is 13.8 Å². The second-order valence-corrected chi connectivity index (χ2v) is 15.4. The third kappa shape index (κ3) is 3.78. The molecule has 3 heteroatoms. The number of hydrogen-bond donors (Lipinski definition) is 0. The van der Waals surface area contributed by atoms with Crippen molar-refractivity contribution < 1.29 is 4.42 Å². The quantitative estimate of drug-likeness (QED) is 0.237. The minimum absolute atomic E-state index is 0.0123. The van der Waals surface area contributed by atoms with Crippen LogP contribution >= 0.6 is 0 Å². The van der Waals surface area contributed by atoms with Crippen molar-refractivity contribution in [1.82, 2.24) is 4.98 Å². The van der Waals surface area contributed by atoms with Crippen LogP contribution < -0.4 is 5.19 Å². The molecular weight excluding hydrogens is 430 g/mol. The van der Waals surface area contributed by atoms with Gasteiger partial charge in [-0.2, -0.15) is 0 Å². The first kappa shape index (κ1) is 22.6. The van der Waals surface area contributed by atoms with Gasteiger partial charge in [-0.25, -0.2) is 0 Å². The van der Waals surface area contributed by atoms with Crippen LogP contribution in [0, 0.1) is 0 Å². The summed E-state index contributed by atoms with van der Waals surface area (Å²) < 4.78 is 6.35. The summed E-state index contributed by atoms with van der Waals surface area (Å²) in [6, 6.07) is 28.5. The lowest BCUT2D eigenvalue weighted by Crippen LogP contribution is -2.37. The van der Waals surface area contributed by atoms with Crippen LogP contribution in [0.5, 0.6) is 0 Å². The molecule has 0 bridgehead atoms. The molecule has 0 amide bonds. The smallest absolute Gasteiger partial charge is 0.135 e. The summed E-state index contributed by atoms with van der Waals surface area (Å²) in [6.07, 6.45) is 4.15. The molecule has 0 spiro atoms. The Kier molecular flexibility index (Phi) is 5.69. The van der Waals surface area contributed by atoms with Crippen LogP contribution in [0.4, 0.5) is 0 Å². The zero-order valence-electron chi connectivity index (χ0n) is 20.9. The molecule has 0 radical (unpaired) electrons. The fourth-order valence-electron chi connectivity index (χ4n) is 5.23. The van der Waals surface area contributed by atoms with Crippen LogP contribution in [-0.2, 0) is 5.41 Å². The predicted octanol–water partition coefficient (Wildman–Crippen LogP) is 8.30. The van der Waals surface area contributed by atoms with Gasteiger partial charge in [0.1, 0.15) is 11.2 Å². The normalized spacial score (nSPS) is 12.5. The van der Waals surface area contributed by atoms with Crippen molar-refractivity contribution in [2.45, 2.75) is 51.7 Å². The highest BCUT2D eigenvalue weighted by atomic mass is 28.3. The molecule has 172 valence electrons. The van der Waals surface area contributed by atoms with Crippen molar-refractivity contribution in [3.8, 4) is 11.3 Å². The number of rotatable bonds is 6. The van der Waals surface area contributed by atoms with E-state index in [1.807, 2.05) is 0 Å². The van der Waals surface area contributed by atoms with Gasteiger partial charge in [0.25, 0.3) is 0 Å². The standard InChI is InChI=1S/C31H33NOSi/c1-6-31(7-2,23-11-9-8-10-12-23)24-14-16-26-27-19-22(13-18-29(27)33-30(26)20-24)28-17-15-25(21-32-28)34(3,4)5/h8-21H,6-7H2,1-5H3. The van der Waals surface area contributed by atoms with Crippen molar-refractivity contribution in [2.75, 3.05) is 0 Å². The zero-order valence-corrected chi connectivity index (χ0v) is 21.9. The molecule has 0 aliphatic rings. The van der Waals surface area contributed by atoms with E-state index in [1.54, 1.807) is 0 Å². The lowest BCUT2D eigenvalue weighted by Gasteiger charge is -2.33. The second-order valence-electron chi connectivity index (χ2n) is 10.4.